The molecular formula is C33H47BrN2O2S. The predicted molar refractivity (Wildman–Crippen MR) is 160 cm³/mol. The molecule has 0 saturated heterocycles. The molecule has 1 heterocycles. The highest BCUT2D eigenvalue weighted by Crippen LogP contribution is 2.32. The van der Waals surface area contributed by atoms with Gasteiger partial charge in [-0.2, -0.15) is 4.57 Å². The van der Waals surface area contributed by atoms with E-state index in [0.717, 1.165) is 42.1 Å². The van der Waals surface area contributed by atoms with Crippen LogP contribution in [0.25, 0.3) is 0 Å². The van der Waals surface area contributed by atoms with Gasteiger partial charge in [-0.05, 0) is 48.1 Å². The van der Waals surface area contributed by atoms with Crippen molar-refractivity contribution >= 4 is 22.9 Å². The summed E-state index contributed by atoms with van der Waals surface area (Å²) in [4.78, 5) is 14.2. The van der Waals surface area contributed by atoms with E-state index in [-0.39, 0.29) is 28.3 Å². The van der Waals surface area contributed by atoms with Crippen molar-refractivity contribution in [2.75, 3.05) is 11.9 Å². The Kier molecular flexibility index (Phi) is 14.2. The summed E-state index contributed by atoms with van der Waals surface area (Å²) in [6.45, 7) is 12.5. The van der Waals surface area contributed by atoms with Gasteiger partial charge in [-0.25, -0.2) is 0 Å². The lowest BCUT2D eigenvalue weighted by atomic mass is 9.85. The Morgan fingerprint density at radius 2 is 1.67 bits per heavy atom. The van der Waals surface area contributed by atoms with Crippen molar-refractivity contribution in [3.63, 3.8) is 0 Å². The zero-order valence-electron chi connectivity index (χ0n) is 24.5. The number of aromatic nitrogens is 1. The molecule has 0 unspecified atom stereocenters. The van der Waals surface area contributed by atoms with Gasteiger partial charge < -0.3 is 27.0 Å². The number of halogens is 1. The van der Waals surface area contributed by atoms with Crippen LogP contribution in [0.5, 0.6) is 5.75 Å². The Balaban J connectivity index is 0.00000533. The Morgan fingerprint density at radius 3 is 2.33 bits per heavy atom. The SMILES string of the molecule is CCCCCCCCCCOc1cc(CC(=O)Nc2cccc(C[n+]3csc(C)c3)c2)ccc1C(C)(C)C.[Br-]. The van der Waals surface area contributed by atoms with Gasteiger partial charge in [-0.1, -0.05) is 108 Å². The molecule has 0 aliphatic rings. The van der Waals surface area contributed by atoms with Crippen LogP contribution in [0.15, 0.2) is 54.2 Å². The van der Waals surface area contributed by atoms with Gasteiger partial charge in [0.25, 0.3) is 0 Å². The smallest absolute Gasteiger partial charge is 0.228 e. The molecule has 0 aliphatic heterocycles. The first-order chi connectivity index (χ1) is 18.2. The van der Waals surface area contributed by atoms with Gasteiger partial charge in [0.05, 0.1) is 17.9 Å². The van der Waals surface area contributed by atoms with Crippen molar-refractivity contribution in [1.29, 1.82) is 0 Å². The molecule has 1 aromatic heterocycles. The molecule has 39 heavy (non-hydrogen) atoms. The van der Waals surface area contributed by atoms with Gasteiger partial charge in [0, 0.05) is 11.3 Å². The molecule has 0 spiro atoms. The summed E-state index contributed by atoms with van der Waals surface area (Å²) in [5.41, 5.74) is 6.26. The summed E-state index contributed by atoms with van der Waals surface area (Å²) in [6, 6.07) is 14.4. The zero-order valence-corrected chi connectivity index (χ0v) is 26.9. The summed E-state index contributed by atoms with van der Waals surface area (Å²) >= 11 is 1.74. The quantitative estimate of drug-likeness (QED) is 0.184. The van der Waals surface area contributed by atoms with Crippen molar-refractivity contribution in [1.82, 2.24) is 0 Å². The van der Waals surface area contributed by atoms with E-state index in [2.05, 4.69) is 86.5 Å². The Morgan fingerprint density at radius 1 is 0.949 bits per heavy atom. The molecule has 1 amide bonds. The number of carbonyl (C=O) groups is 1. The lowest BCUT2D eigenvalue weighted by Gasteiger charge is -2.23. The van der Waals surface area contributed by atoms with Gasteiger partial charge in [0.2, 0.25) is 11.4 Å². The molecule has 0 saturated carbocycles. The molecule has 4 nitrogen and oxygen atoms in total. The van der Waals surface area contributed by atoms with Crippen LogP contribution in [-0.2, 0) is 23.2 Å². The van der Waals surface area contributed by atoms with Crippen molar-refractivity contribution < 1.29 is 31.1 Å². The van der Waals surface area contributed by atoms with E-state index in [0.29, 0.717) is 6.42 Å². The molecule has 214 valence electrons. The highest BCUT2D eigenvalue weighted by Gasteiger charge is 2.20. The van der Waals surface area contributed by atoms with Gasteiger partial charge >= 0.3 is 0 Å². The van der Waals surface area contributed by atoms with E-state index >= 15 is 0 Å². The van der Waals surface area contributed by atoms with E-state index in [1.54, 1.807) is 11.3 Å². The summed E-state index contributed by atoms with van der Waals surface area (Å²) in [5.74, 6) is 0.898. The predicted octanol–water partition coefficient (Wildman–Crippen LogP) is 5.39. The maximum Gasteiger partial charge on any atom is 0.228 e. The highest BCUT2D eigenvalue weighted by molar-refractivity contribution is 7.09. The normalized spacial score (nSPS) is 11.2. The molecule has 1 N–H and O–H groups in total. The second-order valence-corrected chi connectivity index (χ2v) is 12.6. The third-order valence-electron chi connectivity index (χ3n) is 6.77. The Bertz CT molecular complexity index is 1150. The number of ether oxygens (including phenoxy) is 1. The molecular weight excluding hydrogens is 568 g/mol. The van der Waals surface area contributed by atoms with Crippen molar-refractivity contribution in [3.05, 3.63) is 75.7 Å². The number of anilines is 1. The van der Waals surface area contributed by atoms with E-state index in [1.165, 1.54) is 55.4 Å². The topological polar surface area (TPSA) is 42.2 Å². The second-order valence-electron chi connectivity index (χ2n) is 11.5. The number of rotatable bonds is 15. The molecule has 3 rings (SSSR count). The highest BCUT2D eigenvalue weighted by atomic mass is 79.9. The summed E-state index contributed by atoms with van der Waals surface area (Å²) in [5, 5.41) is 3.08. The number of thiazole rings is 1. The monoisotopic (exact) mass is 614 g/mol. The number of nitrogens with zero attached hydrogens (tertiary/aromatic N) is 1. The fourth-order valence-corrected chi connectivity index (χ4v) is 5.34. The third kappa shape index (κ3) is 11.8. The van der Waals surface area contributed by atoms with Gasteiger partial charge in [-0.3, -0.25) is 4.79 Å². The molecule has 3 aromatic rings. The first-order valence-electron chi connectivity index (χ1n) is 14.3. The zero-order chi connectivity index (χ0) is 27.4. The van der Waals surface area contributed by atoms with Crippen LogP contribution in [0, 0.1) is 6.92 Å². The van der Waals surface area contributed by atoms with Crippen LogP contribution < -0.4 is 31.6 Å². The van der Waals surface area contributed by atoms with Crippen molar-refractivity contribution in [3.8, 4) is 5.75 Å². The van der Waals surface area contributed by atoms with Gasteiger partial charge in [0.15, 0.2) is 12.7 Å². The van der Waals surface area contributed by atoms with E-state index in [9.17, 15) is 4.79 Å². The van der Waals surface area contributed by atoms with Crippen LogP contribution >= 0.6 is 11.3 Å². The molecule has 2 aromatic carbocycles. The average molecular weight is 616 g/mol. The van der Waals surface area contributed by atoms with Crippen LogP contribution in [-0.4, -0.2) is 12.5 Å². The van der Waals surface area contributed by atoms with Crippen molar-refractivity contribution in [2.24, 2.45) is 0 Å². The van der Waals surface area contributed by atoms with Crippen molar-refractivity contribution in [2.45, 2.75) is 104 Å². The minimum atomic E-state index is -0.0190. The summed E-state index contributed by atoms with van der Waals surface area (Å²) in [7, 11) is 0. The first kappa shape index (κ1) is 33.0. The van der Waals surface area contributed by atoms with E-state index < -0.39 is 0 Å². The Labute approximate surface area is 251 Å². The maximum absolute atomic E-state index is 12.9. The van der Waals surface area contributed by atoms with E-state index in [1.807, 2.05) is 12.1 Å². The van der Waals surface area contributed by atoms with Crippen LogP contribution in [0.2, 0.25) is 0 Å². The number of carbonyl (C=O) groups excluding carboxylic acids is 1. The molecule has 0 fully saturated rings. The Hall–Kier alpha value is -2.18. The fourth-order valence-electron chi connectivity index (χ4n) is 4.71. The third-order valence-corrected chi connectivity index (χ3v) is 7.63. The number of nitrogens with one attached hydrogen (secondary N) is 1. The standard InChI is InChI=1S/C33H46N2O2S.BrH/c1-6-7-8-9-10-11-12-13-19-37-31-21-27(17-18-30(31)33(3,4)5)22-32(36)34-29-16-14-15-28(20-29)24-35-23-26(2)38-25-35;/h14-18,20-21,23,25H,6-13,19,22,24H2,1-5H3;1H. The molecule has 6 heteroatoms. The molecule has 0 aliphatic carbocycles. The number of hydrogen-bond donors (Lipinski definition) is 1. The minimum absolute atomic E-state index is 0. The van der Waals surface area contributed by atoms with Gasteiger partial charge in [0.1, 0.15) is 5.75 Å². The number of benzene rings is 2. The number of hydrogen-bond acceptors (Lipinski definition) is 3. The molecule has 0 atom stereocenters. The number of amides is 1. The minimum Gasteiger partial charge on any atom is -1.00 e. The number of aryl methyl sites for hydroxylation is 1. The number of unbranched alkanes of at least 4 members (excludes halogenated alkanes) is 7. The average Bonchev–Trinajstić information content (AvgIpc) is 3.26. The first-order valence-corrected chi connectivity index (χ1v) is 15.2. The van der Waals surface area contributed by atoms with Crippen LogP contribution in [0.1, 0.15) is 101 Å². The summed E-state index contributed by atoms with van der Waals surface area (Å²) < 4.78 is 8.46. The van der Waals surface area contributed by atoms with Crippen LogP contribution in [0.4, 0.5) is 5.69 Å². The molecule has 0 bridgehead atoms. The molecule has 0 radical (unpaired) electrons. The largest absolute Gasteiger partial charge is 1.00 e. The maximum atomic E-state index is 12.9. The summed E-state index contributed by atoms with van der Waals surface area (Å²) in [6.07, 6.45) is 12.7. The van der Waals surface area contributed by atoms with Crippen LogP contribution in [0.3, 0.4) is 0 Å². The van der Waals surface area contributed by atoms with E-state index in [4.69, 9.17) is 4.74 Å². The lowest BCUT2D eigenvalue weighted by molar-refractivity contribution is -0.683. The lowest BCUT2D eigenvalue weighted by Crippen LogP contribution is -3.00. The second kappa shape index (κ2) is 16.8. The van der Waals surface area contributed by atoms with Gasteiger partial charge in [-0.15, -0.1) is 0 Å². The fraction of sp³-hybridized carbons (Fsp3) is 0.515.